The summed E-state index contributed by atoms with van der Waals surface area (Å²) in [6.45, 7) is 1.17. The summed E-state index contributed by atoms with van der Waals surface area (Å²) >= 11 is 0. The van der Waals surface area contributed by atoms with Crippen LogP contribution in [-0.2, 0) is 45.4 Å². The molecule has 0 radical (unpaired) electrons. The Labute approximate surface area is 221 Å². The quantitative estimate of drug-likeness (QED) is 0.157. The number of carbonyl (C=O) groups excluding carboxylic acids is 4. The van der Waals surface area contributed by atoms with Crippen LogP contribution in [0.15, 0.2) is 72.8 Å². The maximum absolute atomic E-state index is 12.1. The van der Waals surface area contributed by atoms with E-state index in [0.29, 0.717) is 24.5 Å². The van der Waals surface area contributed by atoms with Gasteiger partial charge in [-0.25, -0.2) is 0 Å². The summed E-state index contributed by atoms with van der Waals surface area (Å²) < 4.78 is 0. The van der Waals surface area contributed by atoms with Crippen molar-refractivity contribution in [3.63, 3.8) is 0 Å². The molecule has 8 N–H and O–H groups in total. The molecule has 0 saturated heterocycles. The van der Waals surface area contributed by atoms with E-state index in [0.717, 1.165) is 22.3 Å². The van der Waals surface area contributed by atoms with E-state index >= 15 is 0 Å². The molecule has 0 aliphatic heterocycles. The molecule has 0 atom stereocenters. The summed E-state index contributed by atoms with van der Waals surface area (Å²) in [5.41, 5.74) is 16.0. The molecule has 3 aromatic carbocycles. The van der Waals surface area contributed by atoms with Gasteiger partial charge in [0, 0.05) is 37.6 Å². The lowest BCUT2D eigenvalue weighted by atomic mass is 10.1. The van der Waals surface area contributed by atoms with Crippen molar-refractivity contribution in [3.05, 3.63) is 95.1 Å². The molecule has 0 heterocycles. The third-order valence-electron chi connectivity index (χ3n) is 5.58. The fraction of sp³-hybridized carbons (Fsp3) is 0.214. The van der Waals surface area contributed by atoms with Crippen molar-refractivity contribution >= 4 is 35.0 Å². The van der Waals surface area contributed by atoms with Gasteiger partial charge in [-0.1, -0.05) is 48.5 Å². The second-order valence-electron chi connectivity index (χ2n) is 8.76. The Balaban J connectivity index is 1.30. The second kappa shape index (κ2) is 14.0. The number of hydrogen-bond donors (Lipinski definition) is 6. The Kier molecular flexibility index (Phi) is 10.2. The molecule has 198 valence electrons. The maximum Gasteiger partial charge on any atom is 0.229 e. The molecule has 0 aliphatic rings. The van der Waals surface area contributed by atoms with Crippen molar-refractivity contribution < 1.29 is 19.2 Å². The van der Waals surface area contributed by atoms with Crippen molar-refractivity contribution in [1.82, 2.24) is 21.3 Å². The van der Waals surface area contributed by atoms with Gasteiger partial charge in [-0.3, -0.25) is 19.2 Å². The van der Waals surface area contributed by atoms with E-state index in [1.54, 1.807) is 24.3 Å². The lowest BCUT2D eigenvalue weighted by molar-refractivity contribution is -0.131. The minimum absolute atomic E-state index is 0.269. The average Bonchev–Trinajstić information content (AvgIpc) is 2.90. The number of anilines is 2. The Morgan fingerprint density at radius 2 is 0.632 bits per heavy atom. The average molecular weight is 517 g/mol. The summed E-state index contributed by atoms with van der Waals surface area (Å²) in [6, 6.07) is 21.5. The van der Waals surface area contributed by atoms with E-state index < -0.39 is 0 Å². The van der Waals surface area contributed by atoms with Gasteiger partial charge >= 0.3 is 0 Å². The molecule has 0 aliphatic carbocycles. The molecular weight excluding hydrogens is 484 g/mol. The number of benzene rings is 3. The summed E-state index contributed by atoms with van der Waals surface area (Å²) in [6.07, 6.45) is -0.542. The van der Waals surface area contributed by atoms with Crippen molar-refractivity contribution in [3.8, 4) is 0 Å². The minimum atomic E-state index is -0.384. The second-order valence-corrected chi connectivity index (χ2v) is 8.76. The van der Waals surface area contributed by atoms with E-state index in [-0.39, 0.29) is 49.6 Å². The van der Waals surface area contributed by atoms with Gasteiger partial charge in [-0.05, 0) is 46.5 Å². The van der Waals surface area contributed by atoms with Crippen LogP contribution in [0.4, 0.5) is 11.4 Å². The van der Waals surface area contributed by atoms with Gasteiger partial charge in [0.1, 0.15) is 12.8 Å². The molecule has 0 saturated carbocycles. The molecule has 3 aromatic rings. The van der Waals surface area contributed by atoms with Gasteiger partial charge < -0.3 is 32.7 Å². The standard InChI is InChI=1S/C28H32N6O4/c29-23-9-5-21(6-10-23)17-33-27(37)13-25(35)31-15-19-1-2-20(4-3-19)16-32-26(36)14-28(38)34-18-22-7-11-24(30)12-8-22/h1-12H,13-18,29-30H2,(H,31,35)(H,32,36)(H,33,37)(H,34,38). The third kappa shape index (κ3) is 10.0. The van der Waals surface area contributed by atoms with Gasteiger partial charge in [0.25, 0.3) is 0 Å². The highest BCUT2D eigenvalue weighted by molar-refractivity contribution is 5.97. The number of amides is 4. The monoisotopic (exact) mass is 516 g/mol. The van der Waals surface area contributed by atoms with Gasteiger partial charge in [0.2, 0.25) is 23.6 Å². The van der Waals surface area contributed by atoms with Gasteiger partial charge in [-0.15, -0.1) is 0 Å². The number of hydrogen-bond acceptors (Lipinski definition) is 6. The van der Waals surface area contributed by atoms with Gasteiger partial charge in [-0.2, -0.15) is 0 Å². The molecule has 10 heteroatoms. The number of nitrogens with one attached hydrogen (secondary N) is 4. The maximum atomic E-state index is 12.1. The lowest BCUT2D eigenvalue weighted by Gasteiger charge is -2.09. The van der Waals surface area contributed by atoms with E-state index in [4.69, 9.17) is 11.5 Å². The van der Waals surface area contributed by atoms with E-state index in [1.807, 2.05) is 48.5 Å². The number of rotatable bonds is 12. The Morgan fingerprint density at radius 1 is 0.421 bits per heavy atom. The molecule has 38 heavy (non-hydrogen) atoms. The van der Waals surface area contributed by atoms with Crippen LogP contribution in [0, 0.1) is 0 Å². The van der Waals surface area contributed by atoms with Crippen LogP contribution in [0.1, 0.15) is 35.1 Å². The zero-order chi connectivity index (χ0) is 27.3. The third-order valence-corrected chi connectivity index (χ3v) is 5.58. The molecule has 0 unspecified atom stereocenters. The topological polar surface area (TPSA) is 168 Å². The van der Waals surface area contributed by atoms with Crippen LogP contribution in [0.3, 0.4) is 0 Å². The molecular formula is C28H32N6O4. The number of nitrogen functional groups attached to an aromatic ring is 2. The first-order chi connectivity index (χ1) is 18.3. The Morgan fingerprint density at radius 3 is 0.868 bits per heavy atom. The van der Waals surface area contributed by atoms with Gasteiger partial charge in [0.15, 0.2) is 0 Å². The van der Waals surface area contributed by atoms with Crippen LogP contribution < -0.4 is 32.7 Å². The van der Waals surface area contributed by atoms with Crippen LogP contribution in [-0.4, -0.2) is 23.6 Å². The first-order valence-electron chi connectivity index (χ1n) is 12.1. The minimum Gasteiger partial charge on any atom is -0.399 e. The van der Waals surface area contributed by atoms with Crippen LogP contribution >= 0.6 is 0 Å². The zero-order valence-corrected chi connectivity index (χ0v) is 21.0. The van der Waals surface area contributed by atoms with Crippen LogP contribution in [0.25, 0.3) is 0 Å². The Bertz CT molecular complexity index is 1140. The molecule has 3 rings (SSSR count). The van der Waals surface area contributed by atoms with E-state index in [2.05, 4.69) is 21.3 Å². The van der Waals surface area contributed by atoms with Crippen molar-refractivity contribution in [2.75, 3.05) is 11.5 Å². The fourth-order valence-electron chi connectivity index (χ4n) is 3.39. The molecule has 0 spiro atoms. The van der Waals surface area contributed by atoms with E-state index in [9.17, 15) is 19.2 Å². The highest BCUT2D eigenvalue weighted by Crippen LogP contribution is 2.07. The highest BCUT2D eigenvalue weighted by Gasteiger charge is 2.10. The number of carbonyl (C=O) groups is 4. The summed E-state index contributed by atoms with van der Waals surface area (Å²) in [5.74, 6) is -1.51. The molecule has 0 fully saturated rings. The first-order valence-corrected chi connectivity index (χ1v) is 12.1. The fourth-order valence-corrected chi connectivity index (χ4v) is 3.39. The lowest BCUT2D eigenvalue weighted by Crippen LogP contribution is -2.31. The normalized spacial score (nSPS) is 10.3. The van der Waals surface area contributed by atoms with Gasteiger partial charge in [0.05, 0.1) is 0 Å². The zero-order valence-electron chi connectivity index (χ0n) is 21.0. The SMILES string of the molecule is Nc1ccc(CNC(=O)CC(=O)NCc2ccc(CNC(=O)CC(=O)NCc3ccc(N)cc3)cc2)cc1. The number of nitrogens with two attached hydrogens (primary N) is 2. The molecule has 0 bridgehead atoms. The van der Waals surface area contributed by atoms with Crippen molar-refractivity contribution in [1.29, 1.82) is 0 Å². The predicted octanol–water partition coefficient (Wildman–Crippen LogP) is 1.50. The largest absolute Gasteiger partial charge is 0.399 e. The summed E-state index contributed by atoms with van der Waals surface area (Å²) in [7, 11) is 0. The van der Waals surface area contributed by atoms with E-state index in [1.165, 1.54) is 0 Å². The highest BCUT2D eigenvalue weighted by atomic mass is 16.2. The van der Waals surface area contributed by atoms with Crippen molar-refractivity contribution in [2.24, 2.45) is 0 Å². The molecule has 4 amide bonds. The summed E-state index contributed by atoms with van der Waals surface area (Å²) in [5, 5.41) is 10.8. The Hall–Kier alpha value is -4.86. The van der Waals surface area contributed by atoms with Crippen LogP contribution in [0.5, 0.6) is 0 Å². The smallest absolute Gasteiger partial charge is 0.229 e. The predicted molar refractivity (Wildman–Crippen MR) is 145 cm³/mol. The first kappa shape index (κ1) is 27.7. The molecule has 10 nitrogen and oxygen atoms in total. The van der Waals surface area contributed by atoms with Crippen molar-refractivity contribution in [2.45, 2.75) is 39.0 Å². The van der Waals surface area contributed by atoms with Crippen LogP contribution in [0.2, 0.25) is 0 Å². The summed E-state index contributed by atoms with van der Waals surface area (Å²) in [4.78, 5) is 48.2. The molecule has 0 aromatic heterocycles.